The van der Waals surface area contributed by atoms with Crippen molar-refractivity contribution in [1.29, 1.82) is 0 Å². The SMILES string of the molecule is Cc1cc(C(N)=S)ccc1NCC1CC1. The van der Waals surface area contributed by atoms with Crippen LogP contribution in [0.4, 0.5) is 5.69 Å². The molecule has 1 fully saturated rings. The molecule has 2 rings (SSSR count). The van der Waals surface area contributed by atoms with Crippen molar-refractivity contribution in [2.75, 3.05) is 11.9 Å². The van der Waals surface area contributed by atoms with Crippen LogP contribution in [0.2, 0.25) is 0 Å². The van der Waals surface area contributed by atoms with Gasteiger partial charge in [-0.05, 0) is 49.4 Å². The van der Waals surface area contributed by atoms with Gasteiger partial charge >= 0.3 is 0 Å². The van der Waals surface area contributed by atoms with Crippen molar-refractivity contribution in [3.05, 3.63) is 29.3 Å². The molecule has 0 unspecified atom stereocenters. The van der Waals surface area contributed by atoms with Crippen molar-refractivity contribution in [1.82, 2.24) is 0 Å². The third-order valence-corrected chi connectivity index (χ3v) is 3.02. The van der Waals surface area contributed by atoms with Gasteiger partial charge in [0.25, 0.3) is 0 Å². The zero-order valence-electron chi connectivity index (χ0n) is 8.92. The highest BCUT2D eigenvalue weighted by molar-refractivity contribution is 7.80. The standard InChI is InChI=1S/C12H16N2S/c1-8-6-10(12(13)15)4-5-11(8)14-7-9-2-3-9/h4-6,9,14H,2-3,7H2,1H3,(H2,13,15). The largest absolute Gasteiger partial charge is 0.389 e. The van der Waals surface area contributed by atoms with Crippen LogP contribution in [-0.4, -0.2) is 11.5 Å². The zero-order chi connectivity index (χ0) is 10.8. The van der Waals surface area contributed by atoms with Gasteiger partial charge in [0.15, 0.2) is 0 Å². The monoisotopic (exact) mass is 220 g/mol. The molecular formula is C12H16N2S. The van der Waals surface area contributed by atoms with Crippen LogP contribution in [0.3, 0.4) is 0 Å². The van der Waals surface area contributed by atoms with E-state index in [-0.39, 0.29) is 0 Å². The fraction of sp³-hybridized carbons (Fsp3) is 0.417. The van der Waals surface area contributed by atoms with Crippen molar-refractivity contribution in [3.8, 4) is 0 Å². The lowest BCUT2D eigenvalue weighted by atomic mass is 10.1. The molecule has 0 aromatic heterocycles. The Kier molecular flexibility index (Phi) is 2.91. The number of thiocarbonyl (C=S) groups is 1. The van der Waals surface area contributed by atoms with Crippen LogP contribution >= 0.6 is 12.2 Å². The van der Waals surface area contributed by atoms with Crippen LogP contribution < -0.4 is 11.1 Å². The average Bonchev–Trinajstić information content (AvgIpc) is 2.99. The molecule has 80 valence electrons. The van der Waals surface area contributed by atoms with E-state index in [2.05, 4.69) is 18.3 Å². The fourth-order valence-corrected chi connectivity index (χ4v) is 1.72. The van der Waals surface area contributed by atoms with E-state index in [0.717, 1.165) is 18.0 Å². The van der Waals surface area contributed by atoms with Crippen LogP contribution in [0, 0.1) is 12.8 Å². The first-order valence-electron chi connectivity index (χ1n) is 5.31. The fourth-order valence-electron chi connectivity index (χ4n) is 1.59. The van der Waals surface area contributed by atoms with E-state index in [1.807, 2.05) is 12.1 Å². The maximum absolute atomic E-state index is 5.58. The second-order valence-corrected chi connectivity index (χ2v) is 4.66. The average molecular weight is 220 g/mol. The van der Waals surface area contributed by atoms with Gasteiger partial charge in [-0.25, -0.2) is 0 Å². The molecule has 0 aliphatic heterocycles. The molecule has 15 heavy (non-hydrogen) atoms. The minimum absolute atomic E-state index is 0.465. The van der Waals surface area contributed by atoms with Gasteiger partial charge in [-0.15, -0.1) is 0 Å². The lowest BCUT2D eigenvalue weighted by Crippen LogP contribution is -2.10. The van der Waals surface area contributed by atoms with Crippen molar-refractivity contribution in [2.45, 2.75) is 19.8 Å². The Morgan fingerprint density at radius 3 is 2.80 bits per heavy atom. The number of anilines is 1. The topological polar surface area (TPSA) is 38.0 Å². The minimum Gasteiger partial charge on any atom is -0.389 e. The highest BCUT2D eigenvalue weighted by Crippen LogP contribution is 2.29. The quantitative estimate of drug-likeness (QED) is 0.765. The summed E-state index contributed by atoms with van der Waals surface area (Å²) in [6.07, 6.45) is 2.74. The van der Waals surface area contributed by atoms with Crippen molar-refractivity contribution >= 4 is 22.9 Å². The lowest BCUT2D eigenvalue weighted by molar-refractivity contribution is 0.888. The first kappa shape index (κ1) is 10.4. The molecule has 0 atom stereocenters. The molecule has 3 heteroatoms. The molecule has 3 N–H and O–H groups in total. The second-order valence-electron chi connectivity index (χ2n) is 4.22. The van der Waals surface area contributed by atoms with Crippen LogP contribution in [0.1, 0.15) is 24.0 Å². The van der Waals surface area contributed by atoms with Gasteiger partial charge in [0.2, 0.25) is 0 Å². The number of rotatable bonds is 4. The molecule has 0 bridgehead atoms. The molecular weight excluding hydrogens is 204 g/mol. The number of benzene rings is 1. The lowest BCUT2D eigenvalue weighted by Gasteiger charge is -2.10. The van der Waals surface area contributed by atoms with E-state index in [4.69, 9.17) is 18.0 Å². The minimum atomic E-state index is 0.465. The van der Waals surface area contributed by atoms with Crippen LogP contribution in [-0.2, 0) is 0 Å². The maximum Gasteiger partial charge on any atom is 0.103 e. The molecule has 1 aromatic carbocycles. The van der Waals surface area contributed by atoms with Gasteiger partial charge < -0.3 is 11.1 Å². The third-order valence-electron chi connectivity index (χ3n) is 2.79. The summed E-state index contributed by atoms with van der Waals surface area (Å²) in [7, 11) is 0. The van der Waals surface area contributed by atoms with Crippen LogP contribution in [0.25, 0.3) is 0 Å². The third kappa shape index (κ3) is 2.69. The summed E-state index contributed by atoms with van der Waals surface area (Å²) >= 11 is 4.94. The Bertz CT molecular complexity index is 383. The van der Waals surface area contributed by atoms with Crippen molar-refractivity contribution < 1.29 is 0 Å². The molecule has 0 amide bonds. The predicted octanol–water partition coefficient (Wildman–Crippen LogP) is 2.45. The summed E-state index contributed by atoms with van der Waals surface area (Å²) in [5.74, 6) is 0.889. The normalized spacial score (nSPS) is 15.0. The van der Waals surface area contributed by atoms with Gasteiger partial charge in [0.05, 0.1) is 0 Å². The Morgan fingerprint density at radius 1 is 1.53 bits per heavy atom. The molecule has 1 aliphatic carbocycles. The van der Waals surface area contributed by atoms with Gasteiger partial charge in [-0.3, -0.25) is 0 Å². The second kappa shape index (κ2) is 4.19. The van der Waals surface area contributed by atoms with E-state index < -0.39 is 0 Å². The Morgan fingerprint density at radius 2 is 2.27 bits per heavy atom. The summed E-state index contributed by atoms with van der Waals surface area (Å²) < 4.78 is 0. The van der Waals surface area contributed by atoms with E-state index in [1.54, 1.807) is 0 Å². The highest BCUT2D eigenvalue weighted by atomic mass is 32.1. The maximum atomic E-state index is 5.58. The summed E-state index contributed by atoms with van der Waals surface area (Å²) in [5.41, 5.74) is 8.93. The Balaban J connectivity index is 2.07. The number of nitrogens with two attached hydrogens (primary N) is 1. The van der Waals surface area contributed by atoms with Gasteiger partial charge in [0.1, 0.15) is 4.99 Å². The molecule has 1 aliphatic rings. The molecule has 0 radical (unpaired) electrons. The number of aryl methyl sites for hydroxylation is 1. The zero-order valence-corrected chi connectivity index (χ0v) is 9.73. The molecule has 0 heterocycles. The van der Waals surface area contributed by atoms with Gasteiger partial charge in [0, 0.05) is 17.8 Å². The first-order chi connectivity index (χ1) is 7.16. The first-order valence-corrected chi connectivity index (χ1v) is 5.72. The predicted molar refractivity (Wildman–Crippen MR) is 68.3 cm³/mol. The smallest absolute Gasteiger partial charge is 0.103 e. The summed E-state index contributed by atoms with van der Waals surface area (Å²) in [6.45, 7) is 3.17. The Hall–Kier alpha value is -1.09. The van der Waals surface area contributed by atoms with Gasteiger partial charge in [-0.1, -0.05) is 12.2 Å². The van der Waals surface area contributed by atoms with Crippen molar-refractivity contribution in [2.24, 2.45) is 11.7 Å². The number of nitrogens with one attached hydrogen (secondary N) is 1. The van der Waals surface area contributed by atoms with E-state index >= 15 is 0 Å². The Labute approximate surface area is 95.9 Å². The molecule has 1 saturated carbocycles. The summed E-state index contributed by atoms with van der Waals surface area (Å²) in [5, 5.41) is 3.46. The van der Waals surface area contributed by atoms with Gasteiger partial charge in [-0.2, -0.15) is 0 Å². The van der Waals surface area contributed by atoms with E-state index in [0.29, 0.717) is 4.99 Å². The van der Waals surface area contributed by atoms with E-state index in [1.165, 1.54) is 24.1 Å². The summed E-state index contributed by atoms with van der Waals surface area (Å²) in [4.78, 5) is 0.465. The molecule has 0 saturated heterocycles. The van der Waals surface area contributed by atoms with Crippen molar-refractivity contribution in [3.63, 3.8) is 0 Å². The molecule has 1 aromatic rings. The highest BCUT2D eigenvalue weighted by Gasteiger charge is 2.20. The number of hydrogen-bond donors (Lipinski definition) is 2. The van der Waals surface area contributed by atoms with E-state index in [9.17, 15) is 0 Å². The molecule has 0 spiro atoms. The van der Waals surface area contributed by atoms with Crippen LogP contribution in [0.15, 0.2) is 18.2 Å². The summed E-state index contributed by atoms with van der Waals surface area (Å²) in [6, 6.07) is 6.08. The molecule has 2 nitrogen and oxygen atoms in total. The number of hydrogen-bond acceptors (Lipinski definition) is 2. The van der Waals surface area contributed by atoms with Crippen LogP contribution in [0.5, 0.6) is 0 Å².